The largest absolute Gasteiger partial charge is 0.444 e. The molecule has 1 saturated heterocycles. The molecule has 1 aliphatic carbocycles. The SMILES string of the molecule is C=CC(=O)NC1CC1C1CCCN(C(=O)OC(C)(C)C)C1. The lowest BCUT2D eigenvalue weighted by Gasteiger charge is -2.34. The summed E-state index contributed by atoms with van der Waals surface area (Å²) in [6.45, 7) is 10.6. The predicted molar refractivity (Wildman–Crippen MR) is 80.8 cm³/mol. The van der Waals surface area contributed by atoms with E-state index in [0.29, 0.717) is 11.8 Å². The van der Waals surface area contributed by atoms with E-state index in [-0.39, 0.29) is 18.0 Å². The number of nitrogens with one attached hydrogen (secondary N) is 1. The smallest absolute Gasteiger partial charge is 0.410 e. The zero-order valence-electron chi connectivity index (χ0n) is 13.2. The summed E-state index contributed by atoms with van der Waals surface area (Å²) in [5.74, 6) is 0.836. The first-order chi connectivity index (χ1) is 9.80. The Morgan fingerprint density at radius 3 is 2.71 bits per heavy atom. The zero-order valence-corrected chi connectivity index (χ0v) is 13.2. The fourth-order valence-corrected chi connectivity index (χ4v) is 3.00. The molecule has 0 aromatic heterocycles. The van der Waals surface area contributed by atoms with Crippen LogP contribution in [0, 0.1) is 11.8 Å². The maximum Gasteiger partial charge on any atom is 0.410 e. The van der Waals surface area contributed by atoms with Crippen LogP contribution in [0.4, 0.5) is 4.79 Å². The number of piperidine rings is 1. The van der Waals surface area contributed by atoms with Gasteiger partial charge < -0.3 is 15.0 Å². The molecular formula is C16H26N2O3. The van der Waals surface area contributed by atoms with Crippen molar-refractivity contribution in [2.75, 3.05) is 13.1 Å². The lowest BCUT2D eigenvalue weighted by molar-refractivity contribution is -0.116. The second-order valence-corrected chi connectivity index (χ2v) is 7.05. The Hall–Kier alpha value is -1.52. The first-order valence-corrected chi connectivity index (χ1v) is 7.71. The van der Waals surface area contributed by atoms with Crippen molar-refractivity contribution in [1.29, 1.82) is 0 Å². The quantitative estimate of drug-likeness (QED) is 0.813. The van der Waals surface area contributed by atoms with E-state index < -0.39 is 5.60 Å². The summed E-state index contributed by atoms with van der Waals surface area (Å²) in [5, 5.41) is 2.94. The summed E-state index contributed by atoms with van der Waals surface area (Å²) in [4.78, 5) is 25.2. The number of hydrogen-bond donors (Lipinski definition) is 1. The summed E-state index contributed by atoms with van der Waals surface area (Å²) >= 11 is 0. The monoisotopic (exact) mass is 294 g/mol. The molecular weight excluding hydrogens is 268 g/mol. The van der Waals surface area contributed by atoms with Gasteiger partial charge in [0, 0.05) is 19.1 Å². The van der Waals surface area contributed by atoms with Crippen LogP contribution in [0.5, 0.6) is 0 Å². The molecule has 1 saturated carbocycles. The van der Waals surface area contributed by atoms with Gasteiger partial charge in [-0.25, -0.2) is 4.79 Å². The molecule has 2 amide bonds. The molecule has 3 unspecified atom stereocenters. The molecule has 0 spiro atoms. The van der Waals surface area contributed by atoms with Crippen molar-refractivity contribution in [3.63, 3.8) is 0 Å². The Kier molecular flexibility index (Phi) is 4.59. The fourth-order valence-electron chi connectivity index (χ4n) is 3.00. The van der Waals surface area contributed by atoms with Crippen LogP contribution in [0.25, 0.3) is 0 Å². The van der Waals surface area contributed by atoms with Gasteiger partial charge in [0.1, 0.15) is 5.60 Å². The van der Waals surface area contributed by atoms with E-state index in [1.807, 2.05) is 25.7 Å². The molecule has 5 heteroatoms. The van der Waals surface area contributed by atoms with Gasteiger partial charge >= 0.3 is 6.09 Å². The third kappa shape index (κ3) is 4.48. The molecule has 5 nitrogen and oxygen atoms in total. The summed E-state index contributed by atoms with van der Waals surface area (Å²) in [7, 11) is 0. The molecule has 0 bridgehead atoms. The van der Waals surface area contributed by atoms with Crippen LogP contribution in [0.15, 0.2) is 12.7 Å². The number of likely N-dealkylation sites (tertiary alicyclic amines) is 1. The molecule has 2 rings (SSSR count). The average molecular weight is 294 g/mol. The highest BCUT2D eigenvalue weighted by atomic mass is 16.6. The fraction of sp³-hybridized carbons (Fsp3) is 0.750. The topological polar surface area (TPSA) is 58.6 Å². The van der Waals surface area contributed by atoms with Crippen molar-refractivity contribution in [3.8, 4) is 0 Å². The minimum absolute atomic E-state index is 0.109. The first-order valence-electron chi connectivity index (χ1n) is 7.71. The molecule has 0 radical (unpaired) electrons. The Morgan fingerprint density at radius 1 is 1.38 bits per heavy atom. The molecule has 0 aromatic rings. The highest BCUT2D eigenvalue weighted by molar-refractivity contribution is 5.87. The molecule has 0 aromatic carbocycles. The number of carbonyl (C=O) groups is 2. The van der Waals surface area contributed by atoms with E-state index in [1.165, 1.54) is 6.08 Å². The summed E-state index contributed by atoms with van der Waals surface area (Å²) < 4.78 is 5.44. The van der Waals surface area contributed by atoms with Crippen molar-refractivity contribution in [3.05, 3.63) is 12.7 Å². The lowest BCUT2D eigenvalue weighted by atomic mass is 9.93. The lowest BCUT2D eigenvalue weighted by Crippen LogP contribution is -2.44. The maximum atomic E-state index is 12.1. The summed E-state index contributed by atoms with van der Waals surface area (Å²) in [5.41, 5.74) is -0.454. The highest BCUT2D eigenvalue weighted by Gasteiger charge is 2.45. The Labute approximate surface area is 126 Å². The van der Waals surface area contributed by atoms with Crippen LogP contribution in [0.1, 0.15) is 40.0 Å². The number of ether oxygens (including phenoxy) is 1. The summed E-state index contributed by atoms with van der Waals surface area (Å²) in [6, 6.07) is 0.249. The predicted octanol–water partition coefficient (Wildman–Crippen LogP) is 2.32. The van der Waals surface area contributed by atoms with Crippen LogP contribution in [-0.4, -0.2) is 41.6 Å². The minimum Gasteiger partial charge on any atom is -0.444 e. The van der Waals surface area contributed by atoms with Crippen LogP contribution in [-0.2, 0) is 9.53 Å². The van der Waals surface area contributed by atoms with Gasteiger partial charge in [-0.05, 0) is 57.9 Å². The van der Waals surface area contributed by atoms with Crippen molar-refractivity contribution >= 4 is 12.0 Å². The van der Waals surface area contributed by atoms with Gasteiger partial charge in [0.15, 0.2) is 0 Å². The Bertz CT molecular complexity index is 428. The zero-order chi connectivity index (χ0) is 15.6. The van der Waals surface area contributed by atoms with Crippen molar-refractivity contribution in [2.24, 2.45) is 11.8 Å². The number of rotatable bonds is 3. The summed E-state index contributed by atoms with van der Waals surface area (Å²) in [6.07, 6.45) is 4.21. The minimum atomic E-state index is -0.454. The van der Waals surface area contributed by atoms with E-state index in [0.717, 1.165) is 32.4 Å². The second kappa shape index (κ2) is 6.08. The average Bonchev–Trinajstić information content (AvgIpc) is 3.16. The number of amides is 2. The maximum absolute atomic E-state index is 12.1. The van der Waals surface area contributed by atoms with Crippen molar-refractivity contribution in [1.82, 2.24) is 10.2 Å². The van der Waals surface area contributed by atoms with Crippen molar-refractivity contribution in [2.45, 2.75) is 51.7 Å². The van der Waals surface area contributed by atoms with Crippen LogP contribution >= 0.6 is 0 Å². The number of hydrogen-bond acceptors (Lipinski definition) is 3. The first kappa shape index (κ1) is 15.9. The normalized spacial score (nSPS) is 28.7. The van der Waals surface area contributed by atoms with E-state index in [4.69, 9.17) is 4.74 Å². The third-order valence-corrected chi connectivity index (χ3v) is 4.07. The van der Waals surface area contributed by atoms with Gasteiger partial charge in [0.25, 0.3) is 0 Å². The molecule has 1 N–H and O–H groups in total. The van der Waals surface area contributed by atoms with Gasteiger partial charge in [-0.3, -0.25) is 4.79 Å². The van der Waals surface area contributed by atoms with Gasteiger partial charge in [0.05, 0.1) is 0 Å². The number of carbonyl (C=O) groups excluding carboxylic acids is 2. The van der Waals surface area contributed by atoms with Gasteiger partial charge in [-0.1, -0.05) is 6.58 Å². The third-order valence-electron chi connectivity index (χ3n) is 4.07. The van der Waals surface area contributed by atoms with E-state index >= 15 is 0 Å². The highest BCUT2D eigenvalue weighted by Crippen LogP contribution is 2.41. The van der Waals surface area contributed by atoms with Crippen LogP contribution in [0.3, 0.4) is 0 Å². The van der Waals surface area contributed by atoms with E-state index in [1.54, 1.807) is 0 Å². The van der Waals surface area contributed by atoms with Crippen molar-refractivity contribution < 1.29 is 14.3 Å². The van der Waals surface area contributed by atoms with Gasteiger partial charge in [-0.2, -0.15) is 0 Å². The molecule has 1 aliphatic heterocycles. The van der Waals surface area contributed by atoms with Gasteiger partial charge in [0.2, 0.25) is 5.91 Å². The van der Waals surface area contributed by atoms with Crippen LogP contribution < -0.4 is 5.32 Å². The molecule has 118 valence electrons. The molecule has 2 aliphatic rings. The second-order valence-electron chi connectivity index (χ2n) is 7.05. The molecule has 3 atom stereocenters. The van der Waals surface area contributed by atoms with Crippen LogP contribution in [0.2, 0.25) is 0 Å². The van der Waals surface area contributed by atoms with E-state index in [2.05, 4.69) is 11.9 Å². The van der Waals surface area contributed by atoms with E-state index in [9.17, 15) is 9.59 Å². The molecule has 21 heavy (non-hydrogen) atoms. The standard InChI is InChI=1S/C16H26N2O3/c1-5-14(19)17-13-9-12(13)11-7-6-8-18(10-11)15(20)21-16(2,3)4/h5,11-13H,1,6-10H2,2-4H3,(H,17,19). The Balaban J connectivity index is 1.83. The number of nitrogens with zero attached hydrogens (tertiary/aromatic N) is 1. The Morgan fingerprint density at radius 2 is 2.10 bits per heavy atom. The molecule has 2 fully saturated rings. The molecule has 1 heterocycles. The van der Waals surface area contributed by atoms with Gasteiger partial charge in [-0.15, -0.1) is 0 Å².